The quantitative estimate of drug-likeness (QED) is 0.910. The molecule has 2 aromatic rings. The monoisotopic (exact) mass is 257 g/mol. The van der Waals surface area contributed by atoms with Crippen LogP contribution in [-0.4, -0.2) is 4.98 Å². The Morgan fingerprint density at radius 1 is 1.32 bits per heavy atom. The second kappa shape index (κ2) is 5.94. The SMILES string of the molecule is N#Cc1cccc(COc2ccc(CN)nc2)c1F. The Kier molecular flexibility index (Phi) is 4.06. The first-order valence-corrected chi connectivity index (χ1v) is 5.70. The second-order valence-corrected chi connectivity index (χ2v) is 3.87. The van der Waals surface area contributed by atoms with Crippen molar-refractivity contribution in [1.82, 2.24) is 4.98 Å². The third kappa shape index (κ3) is 3.06. The third-order valence-corrected chi connectivity index (χ3v) is 2.60. The van der Waals surface area contributed by atoms with E-state index in [4.69, 9.17) is 15.7 Å². The Labute approximate surface area is 110 Å². The molecule has 0 unspecified atom stereocenters. The maximum Gasteiger partial charge on any atom is 0.147 e. The highest BCUT2D eigenvalue weighted by Gasteiger charge is 2.08. The van der Waals surface area contributed by atoms with Gasteiger partial charge in [0.05, 0.1) is 17.5 Å². The summed E-state index contributed by atoms with van der Waals surface area (Å²) in [5.41, 5.74) is 6.53. The molecule has 0 saturated carbocycles. The summed E-state index contributed by atoms with van der Waals surface area (Å²) in [5, 5.41) is 8.73. The molecule has 0 atom stereocenters. The summed E-state index contributed by atoms with van der Waals surface area (Å²) in [5.74, 6) is -0.0181. The fraction of sp³-hybridized carbons (Fsp3) is 0.143. The molecule has 19 heavy (non-hydrogen) atoms. The van der Waals surface area contributed by atoms with E-state index in [1.165, 1.54) is 12.3 Å². The fourth-order valence-corrected chi connectivity index (χ4v) is 1.56. The van der Waals surface area contributed by atoms with E-state index in [1.807, 2.05) is 0 Å². The van der Waals surface area contributed by atoms with Crippen molar-refractivity contribution in [2.45, 2.75) is 13.2 Å². The van der Waals surface area contributed by atoms with Gasteiger partial charge in [-0.2, -0.15) is 5.26 Å². The normalized spacial score (nSPS) is 9.95. The van der Waals surface area contributed by atoms with Gasteiger partial charge in [-0.05, 0) is 18.2 Å². The number of halogens is 1. The van der Waals surface area contributed by atoms with Gasteiger partial charge in [-0.3, -0.25) is 4.98 Å². The zero-order valence-electron chi connectivity index (χ0n) is 10.1. The number of benzene rings is 1. The molecule has 0 amide bonds. The summed E-state index contributed by atoms with van der Waals surface area (Å²) in [7, 11) is 0. The lowest BCUT2D eigenvalue weighted by Crippen LogP contribution is -2.02. The Balaban J connectivity index is 2.08. The summed E-state index contributed by atoms with van der Waals surface area (Å²) in [6, 6.07) is 9.89. The zero-order chi connectivity index (χ0) is 13.7. The van der Waals surface area contributed by atoms with Gasteiger partial charge in [0.2, 0.25) is 0 Å². The van der Waals surface area contributed by atoms with Gasteiger partial charge < -0.3 is 10.5 Å². The Morgan fingerprint density at radius 3 is 2.79 bits per heavy atom. The molecule has 4 nitrogen and oxygen atoms in total. The van der Waals surface area contributed by atoms with E-state index in [0.29, 0.717) is 17.9 Å². The lowest BCUT2D eigenvalue weighted by atomic mass is 10.1. The van der Waals surface area contributed by atoms with Gasteiger partial charge in [0, 0.05) is 12.1 Å². The average Bonchev–Trinajstić information content (AvgIpc) is 2.47. The van der Waals surface area contributed by atoms with Gasteiger partial charge in [0.15, 0.2) is 0 Å². The summed E-state index contributed by atoms with van der Waals surface area (Å²) < 4.78 is 19.2. The Bertz CT molecular complexity index is 605. The maximum absolute atomic E-state index is 13.8. The molecule has 0 saturated heterocycles. The van der Waals surface area contributed by atoms with Crippen LogP contribution in [0.5, 0.6) is 5.75 Å². The van der Waals surface area contributed by atoms with E-state index >= 15 is 0 Å². The van der Waals surface area contributed by atoms with E-state index in [-0.39, 0.29) is 12.2 Å². The topological polar surface area (TPSA) is 71.9 Å². The number of ether oxygens (including phenoxy) is 1. The first kappa shape index (κ1) is 13.0. The second-order valence-electron chi connectivity index (χ2n) is 3.87. The first-order valence-electron chi connectivity index (χ1n) is 5.70. The smallest absolute Gasteiger partial charge is 0.147 e. The third-order valence-electron chi connectivity index (χ3n) is 2.60. The molecule has 1 aromatic carbocycles. The molecule has 0 fully saturated rings. The fourth-order valence-electron chi connectivity index (χ4n) is 1.56. The van der Waals surface area contributed by atoms with Crippen molar-refractivity contribution >= 4 is 0 Å². The average molecular weight is 257 g/mol. The maximum atomic E-state index is 13.8. The Hall–Kier alpha value is -2.45. The highest BCUT2D eigenvalue weighted by Crippen LogP contribution is 2.16. The molecule has 96 valence electrons. The minimum absolute atomic E-state index is 0.0118. The van der Waals surface area contributed by atoms with Gasteiger partial charge in [-0.15, -0.1) is 0 Å². The summed E-state index contributed by atoms with van der Waals surface area (Å²) in [6.07, 6.45) is 1.54. The molecule has 0 aliphatic carbocycles. The molecule has 5 heteroatoms. The van der Waals surface area contributed by atoms with Gasteiger partial charge in [-0.1, -0.05) is 12.1 Å². The van der Waals surface area contributed by atoms with Crippen LogP contribution in [-0.2, 0) is 13.2 Å². The number of nitrogens with zero attached hydrogens (tertiary/aromatic N) is 2. The van der Waals surface area contributed by atoms with Gasteiger partial charge in [0.1, 0.15) is 24.2 Å². The number of hydrogen-bond donors (Lipinski definition) is 1. The van der Waals surface area contributed by atoms with Crippen molar-refractivity contribution in [2.75, 3.05) is 0 Å². The molecular weight excluding hydrogens is 245 g/mol. The number of rotatable bonds is 4. The molecule has 2 rings (SSSR count). The van der Waals surface area contributed by atoms with Crippen molar-refractivity contribution in [3.8, 4) is 11.8 Å². The number of pyridine rings is 1. The molecule has 0 bridgehead atoms. The lowest BCUT2D eigenvalue weighted by Gasteiger charge is -2.07. The predicted octanol–water partition coefficient (Wildman–Crippen LogP) is 2.13. The van der Waals surface area contributed by atoms with Crippen molar-refractivity contribution in [1.29, 1.82) is 5.26 Å². The van der Waals surface area contributed by atoms with Gasteiger partial charge in [-0.25, -0.2) is 4.39 Å². The molecule has 1 aromatic heterocycles. The number of hydrogen-bond acceptors (Lipinski definition) is 4. The first-order chi connectivity index (χ1) is 9.24. The van der Waals surface area contributed by atoms with Gasteiger partial charge >= 0.3 is 0 Å². The van der Waals surface area contributed by atoms with Gasteiger partial charge in [0.25, 0.3) is 0 Å². The van der Waals surface area contributed by atoms with Crippen LogP contribution in [0.4, 0.5) is 4.39 Å². The van der Waals surface area contributed by atoms with Crippen molar-refractivity contribution in [2.24, 2.45) is 5.73 Å². The van der Waals surface area contributed by atoms with Crippen molar-refractivity contribution in [3.05, 3.63) is 59.2 Å². The van der Waals surface area contributed by atoms with E-state index in [0.717, 1.165) is 5.69 Å². The number of aromatic nitrogens is 1. The minimum Gasteiger partial charge on any atom is -0.487 e. The van der Waals surface area contributed by atoms with Crippen LogP contribution < -0.4 is 10.5 Å². The highest BCUT2D eigenvalue weighted by molar-refractivity contribution is 5.35. The molecule has 1 heterocycles. The zero-order valence-corrected chi connectivity index (χ0v) is 10.1. The van der Waals surface area contributed by atoms with Crippen LogP contribution in [0.25, 0.3) is 0 Å². The number of nitriles is 1. The summed E-state index contributed by atoms with van der Waals surface area (Å²) >= 11 is 0. The predicted molar refractivity (Wildman–Crippen MR) is 67.6 cm³/mol. The van der Waals surface area contributed by atoms with Crippen LogP contribution in [0.2, 0.25) is 0 Å². The van der Waals surface area contributed by atoms with Crippen molar-refractivity contribution < 1.29 is 9.13 Å². The molecule has 0 aliphatic rings. The largest absolute Gasteiger partial charge is 0.487 e. The van der Waals surface area contributed by atoms with E-state index < -0.39 is 5.82 Å². The summed E-state index contributed by atoms with van der Waals surface area (Å²) in [4.78, 5) is 4.07. The minimum atomic E-state index is -0.545. The summed E-state index contributed by atoms with van der Waals surface area (Å²) in [6.45, 7) is 0.407. The molecule has 0 aliphatic heterocycles. The molecule has 0 radical (unpaired) electrons. The van der Waals surface area contributed by atoms with Crippen molar-refractivity contribution in [3.63, 3.8) is 0 Å². The standard InChI is InChI=1S/C14H12FN3O/c15-14-10(6-16)2-1-3-11(14)9-19-13-5-4-12(7-17)18-8-13/h1-5,8H,7,9,17H2. The van der Waals surface area contributed by atoms with Crippen LogP contribution in [0.3, 0.4) is 0 Å². The highest BCUT2D eigenvalue weighted by atomic mass is 19.1. The molecule has 0 spiro atoms. The molecular formula is C14H12FN3O. The van der Waals surface area contributed by atoms with Crippen LogP contribution in [0.15, 0.2) is 36.5 Å². The van der Waals surface area contributed by atoms with E-state index in [2.05, 4.69) is 4.98 Å². The van der Waals surface area contributed by atoms with Crippen LogP contribution in [0.1, 0.15) is 16.8 Å². The molecule has 2 N–H and O–H groups in total. The van der Waals surface area contributed by atoms with E-state index in [9.17, 15) is 4.39 Å². The van der Waals surface area contributed by atoms with Crippen LogP contribution in [0, 0.1) is 17.1 Å². The lowest BCUT2D eigenvalue weighted by molar-refractivity contribution is 0.298. The number of nitrogens with two attached hydrogens (primary N) is 1. The van der Waals surface area contributed by atoms with E-state index in [1.54, 1.807) is 30.3 Å². The Morgan fingerprint density at radius 2 is 2.16 bits per heavy atom. The van der Waals surface area contributed by atoms with Crippen LogP contribution >= 0.6 is 0 Å².